The van der Waals surface area contributed by atoms with E-state index >= 15 is 0 Å². The van der Waals surface area contributed by atoms with Crippen LogP contribution in [0.3, 0.4) is 0 Å². The monoisotopic (exact) mass is 302 g/mol. The van der Waals surface area contributed by atoms with Crippen LogP contribution in [0.15, 0.2) is 42.5 Å². The molecule has 3 nitrogen and oxygen atoms in total. The van der Waals surface area contributed by atoms with Gasteiger partial charge in [-0.2, -0.15) is 0 Å². The Balaban J connectivity index is 1.71. The highest BCUT2D eigenvalue weighted by molar-refractivity contribution is 7.18. The van der Waals surface area contributed by atoms with Crippen LogP contribution in [0.25, 0.3) is 10.2 Å². The van der Waals surface area contributed by atoms with Crippen molar-refractivity contribution >= 4 is 21.6 Å². The van der Waals surface area contributed by atoms with Crippen LogP contribution in [0.1, 0.15) is 23.5 Å². The second kappa shape index (κ2) is 5.79. The van der Waals surface area contributed by atoms with Crippen molar-refractivity contribution in [3.8, 4) is 5.75 Å². The van der Waals surface area contributed by atoms with Gasteiger partial charge in [0.25, 0.3) is 0 Å². The summed E-state index contributed by atoms with van der Waals surface area (Å²) in [6.07, 6.45) is 0. The van der Waals surface area contributed by atoms with Crippen molar-refractivity contribution in [2.75, 3.05) is 0 Å². The zero-order valence-corrected chi connectivity index (χ0v) is 12.3. The van der Waals surface area contributed by atoms with E-state index in [1.807, 2.05) is 31.2 Å². The standard InChI is InChI=1S/C16H15FN2OS/c1-10(12-7-6-11(17)8-14(12)20)18-9-16-19-13-4-2-3-5-15(13)21-16/h2-8,10,18,20H,9H2,1H3. The highest BCUT2D eigenvalue weighted by Crippen LogP contribution is 2.26. The number of halogens is 1. The summed E-state index contributed by atoms with van der Waals surface area (Å²) in [5.41, 5.74) is 1.68. The number of thiazole rings is 1. The van der Waals surface area contributed by atoms with Crippen molar-refractivity contribution in [3.05, 3.63) is 58.9 Å². The summed E-state index contributed by atoms with van der Waals surface area (Å²) in [5.74, 6) is -0.464. The van der Waals surface area contributed by atoms with Gasteiger partial charge in [0, 0.05) is 24.2 Å². The Kier molecular flexibility index (Phi) is 3.86. The molecule has 3 rings (SSSR count). The lowest BCUT2D eigenvalue weighted by molar-refractivity contribution is 0.446. The molecule has 0 saturated carbocycles. The number of aromatic nitrogens is 1. The number of phenols is 1. The molecule has 5 heteroatoms. The number of hydrogen-bond acceptors (Lipinski definition) is 4. The van der Waals surface area contributed by atoms with Crippen LogP contribution in [0.2, 0.25) is 0 Å². The third-order valence-corrected chi connectivity index (χ3v) is 4.39. The number of hydrogen-bond donors (Lipinski definition) is 2. The molecule has 108 valence electrons. The largest absolute Gasteiger partial charge is 0.508 e. The van der Waals surface area contributed by atoms with Crippen LogP contribution in [0.4, 0.5) is 4.39 Å². The van der Waals surface area contributed by atoms with Gasteiger partial charge in [0.1, 0.15) is 16.6 Å². The zero-order chi connectivity index (χ0) is 14.8. The topological polar surface area (TPSA) is 45.2 Å². The van der Waals surface area contributed by atoms with E-state index in [1.54, 1.807) is 17.4 Å². The second-order valence-corrected chi connectivity index (χ2v) is 6.00. The van der Waals surface area contributed by atoms with Crippen molar-refractivity contribution in [1.82, 2.24) is 10.3 Å². The van der Waals surface area contributed by atoms with Crippen LogP contribution in [0.5, 0.6) is 5.75 Å². The quantitative estimate of drug-likeness (QED) is 0.766. The SMILES string of the molecule is CC(NCc1nc2ccccc2s1)c1ccc(F)cc1O. The number of benzene rings is 2. The van der Waals surface area contributed by atoms with Gasteiger partial charge in [-0.1, -0.05) is 18.2 Å². The van der Waals surface area contributed by atoms with Crippen molar-refractivity contribution in [1.29, 1.82) is 0 Å². The van der Waals surface area contributed by atoms with Gasteiger partial charge in [0.15, 0.2) is 0 Å². The van der Waals surface area contributed by atoms with Gasteiger partial charge in [-0.15, -0.1) is 11.3 Å². The van der Waals surface area contributed by atoms with E-state index in [9.17, 15) is 9.50 Å². The van der Waals surface area contributed by atoms with E-state index in [4.69, 9.17) is 0 Å². The fourth-order valence-corrected chi connectivity index (χ4v) is 3.15. The first-order valence-electron chi connectivity index (χ1n) is 6.70. The molecule has 1 heterocycles. The molecule has 0 fully saturated rings. The fraction of sp³-hybridized carbons (Fsp3) is 0.188. The van der Waals surface area contributed by atoms with Gasteiger partial charge >= 0.3 is 0 Å². The van der Waals surface area contributed by atoms with E-state index in [2.05, 4.69) is 10.3 Å². The highest BCUT2D eigenvalue weighted by atomic mass is 32.1. The van der Waals surface area contributed by atoms with Crippen molar-refractivity contribution < 1.29 is 9.50 Å². The average Bonchev–Trinajstić information content (AvgIpc) is 2.87. The molecule has 1 aromatic heterocycles. The van der Waals surface area contributed by atoms with Crippen molar-refractivity contribution in [2.45, 2.75) is 19.5 Å². The first kappa shape index (κ1) is 14.0. The average molecular weight is 302 g/mol. The number of nitrogens with one attached hydrogen (secondary N) is 1. The number of para-hydroxylation sites is 1. The molecule has 2 aromatic carbocycles. The minimum Gasteiger partial charge on any atom is -0.508 e. The summed E-state index contributed by atoms with van der Waals surface area (Å²) in [6, 6.07) is 12.0. The summed E-state index contributed by atoms with van der Waals surface area (Å²) in [4.78, 5) is 4.55. The van der Waals surface area contributed by atoms with Crippen LogP contribution in [0, 0.1) is 5.82 Å². The smallest absolute Gasteiger partial charge is 0.126 e. The van der Waals surface area contributed by atoms with Gasteiger partial charge in [0.2, 0.25) is 0 Å². The zero-order valence-electron chi connectivity index (χ0n) is 11.5. The van der Waals surface area contributed by atoms with Gasteiger partial charge in [0.05, 0.1) is 10.2 Å². The van der Waals surface area contributed by atoms with Crippen molar-refractivity contribution in [3.63, 3.8) is 0 Å². The molecular weight excluding hydrogens is 287 g/mol. The Labute approximate surface area is 126 Å². The second-order valence-electron chi connectivity index (χ2n) is 4.88. The van der Waals surface area contributed by atoms with Gasteiger partial charge in [-0.3, -0.25) is 0 Å². The Morgan fingerprint density at radius 3 is 2.86 bits per heavy atom. The summed E-state index contributed by atoms with van der Waals surface area (Å²) in [6.45, 7) is 2.54. The lowest BCUT2D eigenvalue weighted by atomic mass is 10.1. The lowest BCUT2D eigenvalue weighted by Gasteiger charge is -2.14. The molecule has 0 aliphatic rings. The number of nitrogens with zero attached hydrogens (tertiary/aromatic N) is 1. The maximum atomic E-state index is 13.0. The molecule has 3 aromatic rings. The number of fused-ring (bicyclic) bond motifs is 1. The van der Waals surface area contributed by atoms with Gasteiger partial charge < -0.3 is 10.4 Å². The van der Waals surface area contributed by atoms with E-state index < -0.39 is 5.82 Å². The van der Waals surface area contributed by atoms with Gasteiger partial charge in [-0.05, 0) is 25.1 Å². The first-order valence-corrected chi connectivity index (χ1v) is 7.51. The van der Waals surface area contributed by atoms with Crippen LogP contribution in [-0.2, 0) is 6.54 Å². The van der Waals surface area contributed by atoms with E-state index in [0.29, 0.717) is 12.1 Å². The molecule has 1 atom stereocenters. The summed E-state index contributed by atoms with van der Waals surface area (Å²) >= 11 is 1.64. The van der Waals surface area contributed by atoms with E-state index in [-0.39, 0.29) is 11.8 Å². The maximum absolute atomic E-state index is 13.0. The molecule has 0 saturated heterocycles. The van der Waals surface area contributed by atoms with Crippen molar-refractivity contribution in [2.24, 2.45) is 0 Å². The third kappa shape index (κ3) is 3.04. The van der Waals surface area contributed by atoms with E-state index in [0.717, 1.165) is 21.3 Å². The molecule has 2 N–H and O–H groups in total. The van der Waals surface area contributed by atoms with Crippen LogP contribution in [-0.4, -0.2) is 10.1 Å². The molecule has 1 unspecified atom stereocenters. The fourth-order valence-electron chi connectivity index (χ4n) is 2.23. The Hall–Kier alpha value is -1.98. The summed E-state index contributed by atoms with van der Waals surface area (Å²) in [7, 11) is 0. The molecule has 0 amide bonds. The number of phenolic OH excluding ortho intramolecular Hbond substituents is 1. The molecule has 0 bridgehead atoms. The van der Waals surface area contributed by atoms with Gasteiger partial charge in [-0.25, -0.2) is 9.37 Å². The van der Waals surface area contributed by atoms with E-state index in [1.165, 1.54) is 6.07 Å². The predicted octanol–water partition coefficient (Wildman–Crippen LogP) is 3.99. The molecule has 0 aliphatic carbocycles. The molecular formula is C16H15FN2OS. The minimum atomic E-state index is -0.436. The lowest BCUT2D eigenvalue weighted by Crippen LogP contribution is -2.18. The molecule has 0 aliphatic heterocycles. The van der Waals surface area contributed by atoms with Crippen LogP contribution >= 0.6 is 11.3 Å². The minimum absolute atomic E-state index is 0.0284. The Bertz CT molecular complexity index is 739. The summed E-state index contributed by atoms with van der Waals surface area (Å²) < 4.78 is 14.2. The maximum Gasteiger partial charge on any atom is 0.126 e. The number of aromatic hydroxyl groups is 1. The Morgan fingerprint density at radius 1 is 1.29 bits per heavy atom. The normalized spacial score (nSPS) is 12.7. The third-order valence-electron chi connectivity index (χ3n) is 3.36. The number of rotatable bonds is 4. The molecule has 0 spiro atoms. The highest BCUT2D eigenvalue weighted by Gasteiger charge is 2.12. The first-order chi connectivity index (χ1) is 10.1. The summed E-state index contributed by atoms with van der Waals surface area (Å²) in [5, 5.41) is 14.1. The molecule has 0 radical (unpaired) electrons. The Morgan fingerprint density at radius 2 is 2.10 bits per heavy atom. The molecule has 21 heavy (non-hydrogen) atoms. The van der Waals surface area contributed by atoms with Crippen LogP contribution < -0.4 is 5.32 Å². The predicted molar refractivity (Wildman–Crippen MR) is 82.9 cm³/mol.